The fourth-order valence-corrected chi connectivity index (χ4v) is 2.64. The minimum atomic E-state index is 0.674. The number of nitrogens with zero attached hydrogens (tertiary/aromatic N) is 3. The Morgan fingerprint density at radius 1 is 1.41 bits per heavy atom. The molecule has 3 aromatic rings. The summed E-state index contributed by atoms with van der Waals surface area (Å²) in [5.41, 5.74) is 3.05. The summed E-state index contributed by atoms with van der Waals surface area (Å²) in [5, 5.41) is 3.00. The van der Waals surface area contributed by atoms with Gasteiger partial charge in [-0.1, -0.05) is 0 Å². The topological polar surface area (TPSA) is 46.5 Å². The number of H-pyrrole nitrogens is 1. The summed E-state index contributed by atoms with van der Waals surface area (Å²) < 4.78 is 2.67. The van der Waals surface area contributed by atoms with Crippen LogP contribution in [-0.4, -0.2) is 19.5 Å². The highest BCUT2D eigenvalue weighted by Crippen LogP contribution is 2.17. The molecular weight excluding hydrogens is 252 g/mol. The average Bonchev–Trinajstić information content (AvgIpc) is 2.91. The fraction of sp³-hybridized carbons (Fsp3) is 0.182. The lowest BCUT2D eigenvalue weighted by Crippen LogP contribution is -2.00. The predicted molar refractivity (Wildman–Crippen MR) is 70.9 cm³/mol. The molecule has 0 amide bonds. The van der Waals surface area contributed by atoms with Crippen LogP contribution in [-0.2, 0) is 6.54 Å². The zero-order valence-electron chi connectivity index (χ0n) is 9.17. The van der Waals surface area contributed by atoms with Gasteiger partial charge in [-0.2, -0.15) is 0 Å². The Labute approximate surface area is 107 Å². The molecule has 3 rings (SSSR count). The van der Waals surface area contributed by atoms with Gasteiger partial charge < -0.3 is 4.98 Å². The van der Waals surface area contributed by atoms with Crippen LogP contribution in [0.2, 0.25) is 0 Å². The van der Waals surface area contributed by atoms with Gasteiger partial charge in [0.25, 0.3) is 0 Å². The molecule has 0 spiro atoms. The second-order valence-corrected chi connectivity index (χ2v) is 5.13. The zero-order chi connectivity index (χ0) is 11.8. The third kappa shape index (κ3) is 1.79. The number of aromatic amines is 1. The van der Waals surface area contributed by atoms with Crippen LogP contribution in [0.15, 0.2) is 23.8 Å². The molecule has 3 aromatic heterocycles. The summed E-state index contributed by atoms with van der Waals surface area (Å²) in [5.74, 6) is 0. The van der Waals surface area contributed by atoms with Gasteiger partial charge >= 0.3 is 0 Å². The van der Waals surface area contributed by atoms with Crippen molar-refractivity contribution in [3.8, 4) is 0 Å². The number of aromatic nitrogens is 4. The first-order valence-electron chi connectivity index (χ1n) is 5.18. The molecule has 0 aliphatic carbocycles. The number of fused-ring (bicyclic) bond motifs is 1. The van der Waals surface area contributed by atoms with Crippen LogP contribution in [0, 0.1) is 11.7 Å². The van der Waals surface area contributed by atoms with E-state index in [1.807, 2.05) is 22.9 Å². The lowest BCUT2D eigenvalue weighted by atomic mass is 10.3. The summed E-state index contributed by atoms with van der Waals surface area (Å²) in [7, 11) is 0. The highest BCUT2D eigenvalue weighted by Gasteiger charge is 2.08. The molecule has 0 saturated carbocycles. The summed E-state index contributed by atoms with van der Waals surface area (Å²) in [6, 6.07) is 1.97. The standard InChI is InChI=1S/C11H10N4S2/c1-7-2-3-13-10-9(7)14-11(16)15(10)6-8-12-4-5-17-8/h2-5H,6H2,1H3,(H,14,16). The highest BCUT2D eigenvalue weighted by molar-refractivity contribution is 7.71. The number of thiazole rings is 1. The van der Waals surface area contributed by atoms with E-state index in [1.165, 1.54) is 0 Å². The Morgan fingerprint density at radius 3 is 3.06 bits per heavy atom. The highest BCUT2D eigenvalue weighted by atomic mass is 32.1. The molecule has 0 radical (unpaired) electrons. The maximum atomic E-state index is 5.33. The van der Waals surface area contributed by atoms with Crippen LogP contribution in [0.3, 0.4) is 0 Å². The number of nitrogens with one attached hydrogen (secondary N) is 1. The Hall–Kier alpha value is -1.53. The van der Waals surface area contributed by atoms with E-state index in [2.05, 4.69) is 15.0 Å². The van der Waals surface area contributed by atoms with Crippen molar-refractivity contribution in [3.05, 3.63) is 39.2 Å². The molecule has 1 N–H and O–H groups in total. The molecular formula is C11H10N4S2. The second kappa shape index (κ2) is 4.05. The van der Waals surface area contributed by atoms with Crippen molar-refractivity contribution in [2.24, 2.45) is 0 Å². The molecule has 3 heterocycles. The third-order valence-electron chi connectivity index (χ3n) is 2.65. The van der Waals surface area contributed by atoms with Crippen LogP contribution >= 0.6 is 23.6 Å². The number of aryl methyl sites for hydroxylation is 1. The molecule has 0 fully saturated rings. The van der Waals surface area contributed by atoms with Gasteiger partial charge in [-0.05, 0) is 30.8 Å². The molecule has 0 atom stereocenters. The summed E-state index contributed by atoms with van der Waals surface area (Å²) in [6.07, 6.45) is 3.61. The molecule has 0 unspecified atom stereocenters. The summed E-state index contributed by atoms with van der Waals surface area (Å²) in [4.78, 5) is 11.9. The second-order valence-electron chi connectivity index (χ2n) is 3.77. The molecule has 4 nitrogen and oxygen atoms in total. The number of rotatable bonds is 2. The minimum Gasteiger partial charge on any atom is -0.329 e. The van der Waals surface area contributed by atoms with Gasteiger partial charge in [0, 0.05) is 17.8 Å². The Morgan fingerprint density at radius 2 is 2.29 bits per heavy atom. The number of hydrogen-bond donors (Lipinski definition) is 1. The van der Waals surface area contributed by atoms with Crippen molar-refractivity contribution in [1.29, 1.82) is 0 Å². The molecule has 0 aliphatic rings. The SMILES string of the molecule is Cc1ccnc2c1[nH]c(=S)n2Cc1nccs1. The van der Waals surface area contributed by atoms with Gasteiger partial charge in [0.2, 0.25) is 0 Å². The van der Waals surface area contributed by atoms with E-state index in [1.54, 1.807) is 23.7 Å². The van der Waals surface area contributed by atoms with Crippen LogP contribution in [0.1, 0.15) is 10.6 Å². The minimum absolute atomic E-state index is 0.674. The summed E-state index contributed by atoms with van der Waals surface area (Å²) >= 11 is 6.95. The lowest BCUT2D eigenvalue weighted by molar-refractivity contribution is 0.794. The van der Waals surface area contributed by atoms with E-state index >= 15 is 0 Å². The fourth-order valence-electron chi connectivity index (χ4n) is 1.79. The largest absolute Gasteiger partial charge is 0.329 e. The van der Waals surface area contributed by atoms with Crippen LogP contribution in [0.4, 0.5) is 0 Å². The molecule has 86 valence electrons. The Kier molecular flexibility index (Phi) is 2.53. The first kappa shape index (κ1) is 10.6. The summed E-state index contributed by atoms with van der Waals surface area (Å²) in [6.45, 7) is 2.72. The van der Waals surface area contributed by atoms with Crippen molar-refractivity contribution in [3.63, 3.8) is 0 Å². The van der Waals surface area contributed by atoms with Crippen LogP contribution in [0.25, 0.3) is 11.2 Å². The van der Waals surface area contributed by atoms with Crippen molar-refractivity contribution in [2.45, 2.75) is 13.5 Å². The Bertz CT molecular complexity index is 709. The molecule has 0 saturated heterocycles. The molecule has 0 aromatic carbocycles. The van der Waals surface area contributed by atoms with E-state index < -0.39 is 0 Å². The van der Waals surface area contributed by atoms with E-state index in [9.17, 15) is 0 Å². The first-order valence-corrected chi connectivity index (χ1v) is 6.47. The van der Waals surface area contributed by atoms with Crippen LogP contribution < -0.4 is 0 Å². The van der Waals surface area contributed by atoms with E-state index in [-0.39, 0.29) is 0 Å². The van der Waals surface area contributed by atoms with Crippen molar-refractivity contribution in [2.75, 3.05) is 0 Å². The van der Waals surface area contributed by atoms with E-state index in [0.717, 1.165) is 21.7 Å². The average molecular weight is 262 g/mol. The van der Waals surface area contributed by atoms with Gasteiger partial charge in [-0.3, -0.25) is 4.57 Å². The van der Waals surface area contributed by atoms with Crippen molar-refractivity contribution in [1.82, 2.24) is 19.5 Å². The quantitative estimate of drug-likeness (QED) is 0.722. The van der Waals surface area contributed by atoms with Gasteiger partial charge in [-0.25, -0.2) is 9.97 Å². The van der Waals surface area contributed by atoms with E-state index in [0.29, 0.717) is 11.3 Å². The predicted octanol–water partition coefficient (Wildman–Crippen LogP) is 2.91. The van der Waals surface area contributed by atoms with Crippen LogP contribution in [0.5, 0.6) is 0 Å². The van der Waals surface area contributed by atoms with Gasteiger partial charge in [0.1, 0.15) is 5.01 Å². The smallest absolute Gasteiger partial charge is 0.179 e. The van der Waals surface area contributed by atoms with E-state index in [4.69, 9.17) is 12.2 Å². The number of hydrogen-bond acceptors (Lipinski definition) is 4. The molecule has 17 heavy (non-hydrogen) atoms. The third-order valence-corrected chi connectivity index (χ3v) is 3.74. The van der Waals surface area contributed by atoms with Gasteiger partial charge in [0.15, 0.2) is 10.4 Å². The van der Waals surface area contributed by atoms with Crippen molar-refractivity contribution < 1.29 is 0 Å². The Balaban J connectivity index is 2.19. The van der Waals surface area contributed by atoms with Gasteiger partial charge in [0.05, 0.1) is 12.1 Å². The molecule has 6 heteroatoms. The normalized spacial score (nSPS) is 11.1. The molecule has 0 bridgehead atoms. The van der Waals surface area contributed by atoms with Gasteiger partial charge in [-0.15, -0.1) is 11.3 Å². The maximum Gasteiger partial charge on any atom is 0.179 e. The monoisotopic (exact) mass is 262 g/mol. The number of pyridine rings is 1. The first-order chi connectivity index (χ1) is 8.25. The molecule has 0 aliphatic heterocycles. The number of imidazole rings is 1. The van der Waals surface area contributed by atoms with Crippen molar-refractivity contribution >= 4 is 34.7 Å². The zero-order valence-corrected chi connectivity index (χ0v) is 10.8. The lowest BCUT2D eigenvalue weighted by Gasteiger charge is -2.00. The maximum absolute atomic E-state index is 5.33.